The summed E-state index contributed by atoms with van der Waals surface area (Å²) in [5.74, 6) is 0.330. The molecule has 0 unspecified atom stereocenters. The lowest BCUT2D eigenvalue weighted by Crippen LogP contribution is -2.29. The SMILES string of the molecule is Cc1cc(C)cc(-c2nnc(NC(=O)[C@@H]3CCC[C@@H]3CN)s2)c1. The molecule has 0 bridgehead atoms. The molecule has 0 aliphatic heterocycles. The van der Waals surface area contributed by atoms with Crippen LogP contribution in [0.25, 0.3) is 10.6 Å². The van der Waals surface area contributed by atoms with E-state index in [1.54, 1.807) is 0 Å². The van der Waals surface area contributed by atoms with Crippen LogP contribution in [0.2, 0.25) is 0 Å². The molecule has 6 heteroatoms. The maximum Gasteiger partial charge on any atom is 0.229 e. The van der Waals surface area contributed by atoms with Crippen molar-refractivity contribution in [2.45, 2.75) is 33.1 Å². The standard InChI is InChI=1S/C17H22N4OS/c1-10-6-11(2)8-13(7-10)16-20-21-17(23-16)19-15(22)14-5-3-4-12(14)9-18/h6-8,12,14H,3-5,9,18H2,1-2H3,(H,19,21,22)/t12-,14-/m1/s1. The zero-order valence-corrected chi connectivity index (χ0v) is 14.3. The molecule has 5 nitrogen and oxygen atoms in total. The minimum absolute atomic E-state index is 0.00793. The lowest BCUT2D eigenvalue weighted by molar-refractivity contribution is -0.120. The Labute approximate surface area is 140 Å². The van der Waals surface area contributed by atoms with Crippen molar-refractivity contribution >= 4 is 22.4 Å². The molecular formula is C17H22N4OS. The first kappa shape index (κ1) is 16.1. The third kappa shape index (κ3) is 3.59. The number of nitrogens with zero attached hydrogens (tertiary/aromatic N) is 2. The van der Waals surface area contributed by atoms with E-state index in [1.807, 2.05) is 0 Å². The summed E-state index contributed by atoms with van der Waals surface area (Å²) in [6.07, 6.45) is 3.03. The molecule has 1 fully saturated rings. The van der Waals surface area contributed by atoms with Gasteiger partial charge >= 0.3 is 0 Å². The number of carbonyl (C=O) groups excluding carboxylic acids is 1. The number of hydrogen-bond acceptors (Lipinski definition) is 5. The zero-order chi connectivity index (χ0) is 16.4. The van der Waals surface area contributed by atoms with Crippen LogP contribution in [0, 0.1) is 25.7 Å². The summed E-state index contributed by atoms with van der Waals surface area (Å²) >= 11 is 1.41. The molecule has 1 aliphatic rings. The molecule has 1 amide bonds. The van der Waals surface area contributed by atoms with Crippen LogP contribution in [0.15, 0.2) is 18.2 Å². The summed E-state index contributed by atoms with van der Waals surface area (Å²) in [5.41, 5.74) is 9.19. The summed E-state index contributed by atoms with van der Waals surface area (Å²) in [6.45, 7) is 4.70. The first-order valence-electron chi connectivity index (χ1n) is 8.00. The molecule has 0 saturated heterocycles. The van der Waals surface area contributed by atoms with Gasteiger partial charge in [-0.15, -0.1) is 10.2 Å². The van der Waals surface area contributed by atoms with E-state index in [2.05, 4.69) is 47.6 Å². The van der Waals surface area contributed by atoms with Crippen molar-refractivity contribution in [2.24, 2.45) is 17.6 Å². The van der Waals surface area contributed by atoms with Gasteiger partial charge in [-0.05, 0) is 51.3 Å². The van der Waals surface area contributed by atoms with Crippen LogP contribution in [-0.4, -0.2) is 22.6 Å². The molecule has 0 radical (unpaired) electrons. The highest BCUT2D eigenvalue weighted by molar-refractivity contribution is 7.18. The van der Waals surface area contributed by atoms with E-state index in [0.29, 0.717) is 17.6 Å². The fourth-order valence-corrected chi connectivity index (χ4v) is 4.08. The Morgan fingerprint density at radius 1 is 1.26 bits per heavy atom. The molecule has 1 aliphatic carbocycles. The van der Waals surface area contributed by atoms with Gasteiger partial charge in [0.2, 0.25) is 11.0 Å². The lowest BCUT2D eigenvalue weighted by atomic mass is 9.95. The monoisotopic (exact) mass is 330 g/mol. The number of aromatic nitrogens is 2. The number of hydrogen-bond donors (Lipinski definition) is 2. The minimum atomic E-state index is 0.00793. The Morgan fingerprint density at radius 3 is 2.70 bits per heavy atom. The summed E-state index contributed by atoms with van der Waals surface area (Å²) in [4.78, 5) is 12.4. The van der Waals surface area contributed by atoms with Gasteiger partial charge in [-0.3, -0.25) is 4.79 Å². The number of rotatable bonds is 4. The Balaban J connectivity index is 1.73. The lowest BCUT2D eigenvalue weighted by Gasteiger charge is -2.15. The smallest absolute Gasteiger partial charge is 0.229 e. The van der Waals surface area contributed by atoms with Crippen molar-refractivity contribution in [3.05, 3.63) is 29.3 Å². The van der Waals surface area contributed by atoms with Crippen molar-refractivity contribution < 1.29 is 4.79 Å². The second-order valence-electron chi connectivity index (χ2n) is 6.31. The number of aryl methyl sites for hydroxylation is 2. The Kier molecular flexibility index (Phi) is 4.73. The van der Waals surface area contributed by atoms with Crippen molar-refractivity contribution in [2.75, 3.05) is 11.9 Å². The number of amides is 1. The highest BCUT2D eigenvalue weighted by Crippen LogP contribution is 2.33. The van der Waals surface area contributed by atoms with Crippen LogP contribution in [0.4, 0.5) is 5.13 Å². The van der Waals surface area contributed by atoms with Crippen LogP contribution >= 0.6 is 11.3 Å². The summed E-state index contributed by atoms with van der Waals surface area (Å²) in [6, 6.07) is 6.29. The second-order valence-corrected chi connectivity index (χ2v) is 7.29. The molecule has 1 saturated carbocycles. The van der Waals surface area contributed by atoms with Gasteiger partial charge in [0.25, 0.3) is 0 Å². The Hall–Kier alpha value is -1.79. The fraction of sp³-hybridized carbons (Fsp3) is 0.471. The van der Waals surface area contributed by atoms with E-state index in [-0.39, 0.29) is 11.8 Å². The first-order valence-corrected chi connectivity index (χ1v) is 8.81. The third-order valence-corrected chi connectivity index (χ3v) is 5.31. The van der Waals surface area contributed by atoms with Crippen LogP contribution in [0.5, 0.6) is 0 Å². The number of nitrogens with one attached hydrogen (secondary N) is 1. The van der Waals surface area contributed by atoms with E-state index in [4.69, 9.17) is 5.73 Å². The largest absolute Gasteiger partial charge is 0.330 e. The van der Waals surface area contributed by atoms with Crippen molar-refractivity contribution in [3.8, 4) is 10.6 Å². The average Bonchev–Trinajstić information content (AvgIpc) is 3.14. The maximum absolute atomic E-state index is 12.4. The number of carbonyl (C=O) groups is 1. The van der Waals surface area contributed by atoms with Gasteiger partial charge in [0, 0.05) is 11.5 Å². The van der Waals surface area contributed by atoms with Crippen LogP contribution in [0.1, 0.15) is 30.4 Å². The van der Waals surface area contributed by atoms with Crippen molar-refractivity contribution in [1.29, 1.82) is 0 Å². The van der Waals surface area contributed by atoms with E-state index in [0.717, 1.165) is 29.8 Å². The maximum atomic E-state index is 12.4. The van der Waals surface area contributed by atoms with E-state index < -0.39 is 0 Å². The topological polar surface area (TPSA) is 80.9 Å². The number of nitrogens with two attached hydrogens (primary N) is 1. The fourth-order valence-electron chi connectivity index (χ4n) is 3.35. The zero-order valence-electron chi connectivity index (χ0n) is 13.5. The predicted octanol–water partition coefficient (Wildman–Crippen LogP) is 3.14. The summed E-state index contributed by atoms with van der Waals surface area (Å²) < 4.78 is 0. The van der Waals surface area contributed by atoms with Gasteiger partial charge in [0.1, 0.15) is 5.01 Å². The highest BCUT2D eigenvalue weighted by Gasteiger charge is 2.32. The molecule has 2 atom stereocenters. The number of anilines is 1. The molecule has 1 aromatic carbocycles. The quantitative estimate of drug-likeness (QED) is 0.902. The Morgan fingerprint density at radius 2 is 2.00 bits per heavy atom. The minimum Gasteiger partial charge on any atom is -0.330 e. The predicted molar refractivity (Wildman–Crippen MR) is 93.3 cm³/mol. The second kappa shape index (κ2) is 6.76. The molecule has 23 heavy (non-hydrogen) atoms. The molecule has 3 N–H and O–H groups in total. The van der Waals surface area contributed by atoms with Gasteiger partial charge in [-0.2, -0.15) is 0 Å². The van der Waals surface area contributed by atoms with Crippen LogP contribution in [-0.2, 0) is 4.79 Å². The van der Waals surface area contributed by atoms with Gasteiger partial charge in [0.05, 0.1) is 0 Å². The van der Waals surface area contributed by atoms with Crippen molar-refractivity contribution in [3.63, 3.8) is 0 Å². The van der Waals surface area contributed by atoms with E-state index >= 15 is 0 Å². The molecule has 1 heterocycles. The van der Waals surface area contributed by atoms with Crippen LogP contribution in [0.3, 0.4) is 0 Å². The van der Waals surface area contributed by atoms with Gasteiger partial charge in [-0.1, -0.05) is 35.0 Å². The first-order chi connectivity index (χ1) is 11.1. The summed E-state index contributed by atoms with van der Waals surface area (Å²) in [7, 11) is 0. The normalized spacial score (nSPS) is 20.7. The summed E-state index contributed by atoms with van der Waals surface area (Å²) in [5, 5.41) is 12.6. The van der Waals surface area contributed by atoms with Crippen LogP contribution < -0.4 is 11.1 Å². The van der Waals surface area contributed by atoms with Crippen molar-refractivity contribution in [1.82, 2.24) is 10.2 Å². The average molecular weight is 330 g/mol. The number of benzene rings is 1. The molecule has 0 spiro atoms. The molecule has 122 valence electrons. The molecule has 2 aromatic rings. The highest BCUT2D eigenvalue weighted by atomic mass is 32.1. The Bertz CT molecular complexity index is 692. The third-order valence-electron chi connectivity index (χ3n) is 4.42. The molecular weight excluding hydrogens is 308 g/mol. The molecule has 3 rings (SSSR count). The van der Waals surface area contributed by atoms with Gasteiger partial charge < -0.3 is 11.1 Å². The molecule has 1 aromatic heterocycles. The van der Waals surface area contributed by atoms with Gasteiger partial charge in [0.15, 0.2) is 0 Å². The van der Waals surface area contributed by atoms with E-state index in [9.17, 15) is 4.79 Å². The van der Waals surface area contributed by atoms with Gasteiger partial charge in [-0.25, -0.2) is 0 Å². The van der Waals surface area contributed by atoms with E-state index in [1.165, 1.54) is 22.5 Å².